The van der Waals surface area contributed by atoms with E-state index >= 15 is 0 Å². The van der Waals surface area contributed by atoms with Gasteiger partial charge in [-0.2, -0.15) is 0 Å². The van der Waals surface area contributed by atoms with Crippen molar-refractivity contribution < 1.29 is 9.32 Å². The van der Waals surface area contributed by atoms with Gasteiger partial charge < -0.3 is 9.42 Å². The lowest BCUT2D eigenvalue weighted by Crippen LogP contribution is -2.32. The van der Waals surface area contributed by atoms with E-state index in [0.29, 0.717) is 5.75 Å². The Hall–Kier alpha value is -1.75. The summed E-state index contributed by atoms with van der Waals surface area (Å²) in [6, 6.07) is 8.68. The number of likely N-dealkylation sites (tertiary alicyclic amines) is 1. The zero-order valence-electron chi connectivity index (χ0n) is 14.0. The molecule has 4 nitrogen and oxygen atoms in total. The normalized spacial score (nSPS) is 19.7. The van der Waals surface area contributed by atoms with Gasteiger partial charge in [-0.25, -0.2) is 0 Å². The molecule has 2 aliphatic rings. The molecule has 1 atom stereocenters. The second-order valence-corrected chi connectivity index (χ2v) is 7.73. The van der Waals surface area contributed by atoms with E-state index in [9.17, 15) is 4.79 Å². The van der Waals surface area contributed by atoms with Crippen molar-refractivity contribution in [1.82, 2.24) is 10.1 Å². The number of carbonyl (C=O) groups excluding carboxylic acids is 1. The molecule has 1 aromatic carbocycles. The Kier molecular flexibility index (Phi) is 4.35. The molecule has 0 unspecified atom stereocenters. The maximum atomic E-state index is 12.7. The second-order valence-electron chi connectivity index (χ2n) is 6.68. The van der Waals surface area contributed by atoms with Crippen LogP contribution in [-0.2, 0) is 17.6 Å². The summed E-state index contributed by atoms with van der Waals surface area (Å²) in [4.78, 5) is 15.9. The first-order valence-electron chi connectivity index (χ1n) is 8.68. The molecule has 4 rings (SSSR count). The van der Waals surface area contributed by atoms with Crippen molar-refractivity contribution in [3.8, 4) is 0 Å². The molecule has 1 saturated heterocycles. The third kappa shape index (κ3) is 3.09. The van der Waals surface area contributed by atoms with Crippen LogP contribution < -0.4 is 0 Å². The smallest absolute Gasteiger partial charge is 0.233 e. The van der Waals surface area contributed by atoms with Gasteiger partial charge in [0, 0.05) is 17.5 Å². The maximum Gasteiger partial charge on any atom is 0.233 e. The summed E-state index contributed by atoms with van der Waals surface area (Å²) in [5.41, 5.74) is 3.83. The highest BCUT2D eigenvalue weighted by Gasteiger charge is 2.31. The van der Waals surface area contributed by atoms with Crippen LogP contribution in [0.2, 0.25) is 0 Å². The van der Waals surface area contributed by atoms with Crippen molar-refractivity contribution in [2.24, 2.45) is 0 Å². The molecular weight excluding hydrogens is 320 g/mol. The van der Waals surface area contributed by atoms with Crippen molar-refractivity contribution in [1.29, 1.82) is 0 Å². The Balaban J connectivity index is 1.40. The van der Waals surface area contributed by atoms with Crippen molar-refractivity contribution in [3.63, 3.8) is 0 Å². The molecule has 126 valence electrons. The summed E-state index contributed by atoms with van der Waals surface area (Å²) in [5.74, 6) is 1.49. The predicted octanol–water partition coefficient (Wildman–Crippen LogP) is 3.93. The molecule has 2 aromatic rings. The fraction of sp³-hybridized carbons (Fsp3) is 0.474. The van der Waals surface area contributed by atoms with Gasteiger partial charge in [-0.3, -0.25) is 4.79 Å². The van der Waals surface area contributed by atoms with E-state index < -0.39 is 0 Å². The fourth-order valence-corrected chi connectivity index (χ4v) is 4.63. The molecule has 1 aliphatic carbocycles. The van der Waals surface area contributed by atoms with E-state index in [1.54, 1.807) is 11.8 Å². The molecule has 0 radical (unpaired) electrons. The van der Waals surface area contributed by atoms with Gasteiger partial charge in [0.05, 0.1) is 11.8 Å². The molecule has 0 bridgehead atoms. The first-order valence-corrected chi connectivity index (χ1v) is 9.66. The summed E-state index contributed by atoms with van der Waals surface area (Å²) in [7, 11) is 0. The van der Waals surface area contributed by atoms with E-state index in [0.717, 1.165) is 30.8 Å². The molecule has 0 saturated carbocycles. The number of hydrogen-bond donors (Lipinski definition) is 0. The number of benzene rings is 1. The number of rotatable bonds is 4. The maximum absolute atomic E-state index is 12.7. The van der Waals surface area contributed by atoms with Crippen LogP contribution in [0.15, 0.2) is 33.7 Å². The third-order valence-corrected chi connectivity index (χ3v) is 5.97. The van der Waals surface area contributed by atoms with Gasteiger partial charge in [0.25, 0.3) is 0 Å². The first-order chi connectivity index (χ1) is 11.7. The van der Waals surface area contributed by atoms with Crippen LogP contribution in [0.3, 0.4) is 0 Å². The predicted molar refractivity (Wildman–Crippen MR) is 94.1 cm³/mol. The average Bonchev–Trinajstić information content (AvgIpc) is 3.31. The van der Waals surface area contributed by atoms with Crippen LogP contribution >= 0.6 is 11.8 Å². The number of nitrogens with zero attached hydrogens (tertiary/aromatic N) is 2. The molecular formula is C19H22N2O2S. The largest absolute Gasteiger partial charge is 0.361 e. The summed E-state index contributed by atoms with van der Waals surface area (Å²) in [6.45, 7) is 2.71. The molecule has 5 heteroatoms. The molecule has 2 heterocycles. The number of carbonyl (C=O) groups is 1. The number of thioether (sulfide) groups is 1. The van der Waals surface area contributed by atoms with Gasteiger partial charge in [0.15, 0.2) is 0 Å². The zero-order valence-corrected chi connectivity index (χ0v) is 14.8. The summed E-state index contributed by atoms with van der Waals surface area (Å²) in [6.07, 6.45) is 5.64. The van der Waals surface area contributed by atoms with Gasteiger partial charge in [0.1, 0.15) is 11.5 Å². The lowest BCUT2D eigenvalue weighted by molar-refractivity contribution is -0.129. The number of aryl methyl sites for hydroxylation is 3. The summed E-state index contributed by atoms with van der Waals surface area (Å²) >= 11 is 1.65. The highest BCUT2D eigenvalue weighted by Crippen LogP contribution is 2.33. The highest BCUT2D eigenvalue weighted by molar-refractivity contribution is 8.00. The van der Waals surface area contributed by atoms with Crippen LogP contribution in [0.1, 0.15) is 47.9 Å². The van der Waals surface area contributed by atoms with E-state index in [1.165, 1.54) is 35.3 Å². The number of aromatic nitrogens is 1. The van der Waals surface area contributed by atoms with Crippen molar-refractivity contribution in [2.45, 2.75) is 50.0 Å². The Bertz CT molecular complexity index is 756. The minimum Gasteiger partial charge on any atom is -0.361 e. The third-order valence-electron chi connectivity index (χ3n) is 4.99. The van der Waals surface area contributed by atoms with Crippen LogP contribution in [0.4, 0.5) is 0 Å². The Morgan fingerprint density at radius 3 is 3.00 bits per heavy atom. The van der Waals surface area contributed by atoms with E-state index in [4.69, 9.17) is 4.52 Å². The van der Waals surface area contributed by atoms with Gasteiger partial charge >= 0.3 is 0 Å². The van der Waals surface area contributed by atoms with Crippen LogP contribution in [0, 0.1) is 6.92 Å². The molecule has 1 amide bonds. The summed E-state index contributed by atoms with van der Waals surface area (Å²) in [5, 5.41) is 4.11. The number of hydrogen-bond acceptors (Lipinski definition) is 4. The molecule has 0 spiro atoms. The molecule has 1 aliphatic heterocycles. The van der Waals surface area contributed by atoms with Crippen LogP contribution in [0.25, 0.3) is 0 Å². The van der Waals surface area contributed by atoms with Crippen molar-refractivity contribution in [2.75, 3.05) is 12.3 Å². The number of fused-ring (bicyclic) bond motifs is 1. The first kappa shape index (κ1) is 15.8. The summed E-state index contributed by atoms with van der Waals surface area (Å²) < 4.78 is 5.18. The fourth-order valence-electron chi connectivity index (χ4n) is 3.78. The molecule has 0 N–H and O–H groups in total. The van der Waals surface area contributed by atoms with Crippen LogP contribution in [-0.4, -0.2) is 28.3 Å². The topological polar surface area (TPSA) is 46.3 Å². The monoisotopic (exact) mass is 342 g/mol. The lowest BCUT2D eigenvalue weighted by atomic mass is 10.1. The van der Waals surface area contributed by atoms with E-state index in [-0.39, 0.29) is 11.9 Å². The quantitative estimate of drug-likeness (QED) is 0.790. The second kappa shape index (κ2) is 6.63. The Morgan fingerprint density at radius 1 is 1.29 bits per heavy atom. The van der Waals surface area contributed by atoms with E-state index in [2.05, 4.69) is 23.4 Å². The Labute approximate surface area is 146 Å². The average molecular weight is 342 g/mol. The van der Waals surface area contributed by atoms with Gasteiger partial charge in [-0.05, 0) is 62.3 Å². The highest BCUT2D eigenvalue weighted by atomic mass is 32.2. The minimum absolute atomic E-state index is 0.0792. The number of amides is 1. The zero-order chi connectivity index (χ0) is 16.5. The van der Waals surface area contributed by atoms with Gasteiger partial charge in [0.2, 0.25) is 5.91 Å². The SMILES string of the molecule is Cc1cc([C@@H]2CCCN2C(=O)CSc2ccc3c(c2)CCC3)no1. The van der Waals surface area contributed by atoms with Gasteiger partial charge in [-0.15, -0.1) is 11.8 Å². The lowest BCUT2D eigenvalue weighted by Gasteiger charge is -2.22. The van der Waals surface area contributed by atoms with Crippen molar-refractivity contribution in [3.05, 3.63) is 46.8 Å². The Morgan fingerprint density at radius 2 is 2.17 bits per heavy atom. The molecule has 1 fully saturated rings. The molecule has 1 aromatic heterocycles. The van der Waals surface area contributed by atoms with E-state index in [1.807, 2.05) is 17.9 Å². The minimum atomic E-state index is 0.0792. The van der Waals surface area contributed by atoms with Gasteiger partial charge in [-0.1, -0.05) is 11.2 Å². The molecule has 24 heavy (non-hydrogen) atoms. The standard InChI is InChI=1S/C19H22N2O2S/c1-13-10-17(20-23-13)18-6-3-9-21(18)19(22)12-24-16-8-7-14-4-2-5-15(14)11-16/h7-8,10-11,18H,2-6,9,12H2,1H3/t18-/m0/s1. The van der Waals surface area contributed by atoms with Crippen LogP contribution in [0.5, 0.6) is 0 Å². The van der Waals surface area contributed by atoms with Crippen molar-refractivity contribution >= 4 is 17.7 Å².